The molecule has 0 atom stereocenters. The summed E-state index contributed by atoms with van der Waals surface area (Å²) in [4.78, 5) is 18.1. The van der Waals surface area contributed by atoms with E-state index >= 15 is 0 Å². The lowest BCUT2D eigenvalue weighted by Crippen LogP contribution is -2.22. The van der Waals surface area contributed by atoms with E-state index in [1.54, 1.807) is 0 Å². The number of ether oxygens (including phenoxy) is 2. The molecule has 8 heteroatoms. The van der Waals surface area contributed by atoms with E-state index in [-0.39, 0.29) is 23.8 Å². The largest absolute Gasteiger partial charge is 0.470 e. The fourth-order valence-corrected chi connectivity index (χ4v) is 1.32. The monoisotopic (exact) mass is 284 g/mol. The molecule has 0 aliphatic rings. The first-order valence-electron chi connectivity index (χ1n) is 6.35. The van der Waals surface area contributed by atoms with Gasteiger partial charge >= 0.3 is 5.69 Å². The van der Waals surface area contributed by atoms with Crippen LogP contribution >= 0.6 is 0 Å². The maximum absolute atomic E-state index is 10.9. The summed E-state index contributed by atoms with van der Waals surface area (Å²) in [6.45, 7) is 8.75. The highest BCUT2D eigenvalue weighted by Crippen LogP contribution is 2.24. The predicted molar refractivity (Wildman–Crippen MR) is 74.1 cm³/mol. The third kappa shape index (κ3) is 5.35. The number of hydrogen-bond acceptors (Lipinski definition) is 7. The van der Waals surface area contributed by atoms with Crippen molar-refractivity contribution in [1.29, 1.82) is 0 Å². The lowest BCUT2D eigenvalue weighted by molar-refractivity contribution is -0.386. The number of aromatic nitrogens is 2. The van der Waals surface area contributed by atoms with Crippen LogP contribution in [-0.4, -0.2) is 40.3 Å². The molecule has 0 saturated heterocycles. The fourth-order valence-electron chi connectivity index (χ4n) is 1.32. The molecule has 0 unspecified atom stereocenters. The lowest BCUT2D eigenvalue weighted by atomic mass is 10.2. The Morgan fingerprint density at radius 1 is 1.40 bits per heavy atom. The number of rotatable bonds is 7. The summed E-state index contributed by atoms with van der Waals surface area (Å²) in [5.41, 5.74) is -0.544. The molecule has 0 saturated carbocycles. The Morgan fingerprint density at radius 3 is 2.65 bits per heavy atom. The van der Waals surface area contributed by atoms with Gasteiger partial charge in [0.25, 0.3) is 5.88 Å². The molecule has 1 aromatic heterocycles. The van der Waals surface area contributed by atoms with Gasteiger partial charge in [0.05, 0.1) is 17.1 Å². The van der Waals surface area contributed by atoms with E-state index < -0.39 is 4.92 Å². The van der Waals surface area contributed by atoms with Gasteiger partial charge in [0.1, 0.15) is 12.8 Å². The van der Waals surface area contributed by atoms with Crippen LogP contribution in [-0.2, 0) is 4.74 Å². The average molecular weight is 284 g/mol. The first-order valence-corrected chi connectivity index (χ1v) is 6.35. The zero-order chi connectivity index (χ0) is 15.2. The van der Waals surface area contributed by atoms with Crippen LogP contribution < -0.4 is 10.1 Å². The van der Waals surface area contributed by atoms with E-state index in [0.717, 1.165) is 6.20 Å². The Morgan fingerprint density at radius 2 is 2.10 bits per heavy atom. The smallest absolute Gasteiger partial charge is 0.349 e. The van der Waals surface area contributed by atoms with Crippen LogP contribution in [0.5, 0.6) is 5.88 Å². The molecule has 0 aliphatic heterocycles. The molecule has 112 valence electrons. The SMILES string of the molecule is CCNc1ncc([N+](=O)[O-])c(OCCOC(C)(C)C)n1. The first kappa shape index (κ1) is 16.1. The van der Waals surface area contributed by atoms with Crippen molar-refractivity contribution in [3.05, 3.63) is 16.3 Å². The molecule has 20 heavy (non-hydrogen) atoms. The predicted octanol–water partition coefficient (Wildman–Crippen LogP) is 2.01. The van der Waals surface area contributed by atoms with Gasteiger partial charge in [-0.3, -0.25) is 10.1 Å². The maximum Gasteiger partial charge on any atom is 0.349 e. The molecule has 0 fully saturated rings. The highest BCUT2D eigenvalue weighted by molar-refractivity contribution is 5.43. The molecular weight excluding hydrogens is 264 g/mol. The molecule has 8 nitrogen and oxygen atoms in total. The molecule has 0 aromatic carbocycles. The van der Waals surface area contributed by atoms with Crippen LogP contribution in [0.2, 0.25) is 0 Å². The minimum absolute atomic E-state index is 0.0570. The molecule has 1 heterocycles. The summed E-state index contributed by atoms with van der Waals surface area (Å²) in [6.07, 6.45) is 1.13. The van der Waals surface area contributed by atoms with Crippen molar-refractivity contribution in [2.75, 3.05) is 25.1 Å². The highest BCUT2D eigenvalue weighted by Gasteiger charge is 2.19. The molecule has 1 N–H and O–H groups in total. The second-order valence-corrected chi connectivity index (χ2v) is 4.98. The molecule has 1 rings (SSSR count). The minimum atomic E-state index is -0.574. The Hall–Kier alpha value is -1.96. The van der Waals surface area contributed by atoms with Crippen molar-refractivity contribution < 1.29 is 14.4 Å². The number of nitro groups is 1. The van der Waals surface area contributed by atoms with E-state index in [0.29, 0.717) is 19.1 Å². The van der Waals surface area contributed by atoms with Gasteiger partial charge in [-0.15, -0.1) is 0 Å². The number of hydrogen-bond donors (Lipinski definition) is 1. The number of anilines is 1. The van der Waals surface area contributed by atoms with Gasteiger partial charge in [-0.2, -0.15) is 4.98 Å². The van der Waals surface area contributed by atoms with E-state index in [1.807, 2.05) is 27.7 Å². The maximum atomic E-state index is 10.9. The summed E-state index contributed by atoms with van der Waals surface area (Å²) >= 11 is 0. The molecule has 0 radical (unpaired) electrons. The van der Waals surface area contributed by atoms with Crippen molar-refractivity contribution in [1.82, 2.24) is 9.97 Å². The van der Waals surface area contributed by atoms with E-state index in [1.165, 1.54) is 0 Å². The van der Waals surface area contributed by atoms with Crippen molar-refractivity contribution in [2.24, 2.45) is 0 Å². The van der Waals surface area contributed by atoms with Gasteiger partial charge in [0, 0.05) is 6.54 Å². The van der Waals surface area contributed by atoms with E-state index in [4.69, 9.17) is 9.47 Å². The second-order valence-electron chi connectivity index (χ2n) is 4.98. The Labute approximate surface area is 117 Å². The molecule has 0 spiro atoms. The summed E-state index contributed by atoms with van der Waals surface area (Å²) in [7, 11) is 0. The normalized spacial score (nSPS) is 11.2. The van der Waals surface area contributed by atoms with Gasteiger partial charge in [-0.05, 0) is 27.7 Å². The van der Waals surface area contributed by atoms with Crippen LogP contribution in [0.1, 0.15) is 27.7 Å². The van der Waals surface area contributed by atoms with Crippen LogP contribution in [0.4, 0.5) is 11.6 Å². The Balaban J connectivity index is 2.70. The molecule has 0 bridgehead atoms. The van der Waals surface area contributed by atoms with Crippen molar-refractivity contribution in [2.45, 2.75) is 33.3 Å². The number of nitrogens with zero attached hydrogens (tertiary/aromatic N) is 3. The number of nitrogens with one attached hydrogen (secondary N) is 1. The quantitative estimate of drug-likeness (QED) is 0.464. The summed E-state index contributed by atoms with van der Waals surface area (Å²) in [5, 5.41) is 13.7. The summed E-state index contributed by atoms with van der Waals surface area (Å²) < 4.78 is 10.8. The second kappa shape index (κ2) is 6.99. The van der Waals surface area contributed by atoms with Crippen molar-refractivity contribution >= 4 is 11.6 Å². The van der Waals surface area contributed by atoms with Crippen molar-refractivity contribution in [3.8, 4) is 5.88 Å². The van der Waals surface area contributed by atoms with E-state index in [2.05, 4.69) is 15.3 Å². The van der Waals surface area contributed by atoms with E-state index in [9.17, 15) is 10.1 Å². The van der Waals surface area contributed by atoms with Gasteiger partial charge < -0.3 is 14.8 Å². The fraction of sp³-hybridized carbons (Fsp3) is 0.667. The van der Waals surface area contributed by atoms with Crippen LogP contribution in [0, 0.1) is 10.1 Å². The van der Waals surface area contributed by atoms with Gasteiger partial charge in [-0.1, -0.05) is 0 Å². The molecule has 0 amide bonds. The third-order valence-corrected chi connectivity index (χ3v) is 2.12. The van der Waals surface area contributed by atoms with Crippen LogP contribution in [0.15, 0.2) is 6.20 Å². The highest BCUT2D eigenvalue weighted by atomic mass is 16.6. The van der Waals surface area contributed by atoms with Crippen molar-refractivity contribution in [3.63, 3.8) is 0 Å². The zero-order valence-corrected chi connectivity index (χ0v) is 12.2. The third-order valence-electron chi connectivity index (χ3n) is 2.12. The molecule has 0 aliphatic carbocycles. The first-order chi connectivity index (χ1) is 9.33. The van der Waals surface area contributed by atoms with Crippen LogP contribution in [0.25, 0.3) is 0 Å². The average Bonchev–Trinajstić information content (AvgIpc) is 2.34. The van der Waals surface area contributed by atoms with Crippen LogP contribution in [0.3, 0.4) is 0 Å². The van der Waals surface area contributed by atoms with Gasteiger partial charge in [-0.25, -0.2) is 4.98 Å². The molecule has 1 aromatic rings. The lowest BCUT2D eigenvalue weighted by Gasteiger charge is -2.19. The topological polar surface area (TPSA) is 99.4 Å². The zero-order valence-electron chi connectivity index (χ0n) is 12.2. The van der Waals surface area contributed by atoms with Gasteiger partial charge in [0.2, 0.25) is 5.95 Å². The molecular formula is C12H20N4O4. The standard InChI is InChI=1S/C12H20N4O4/c1-5-13-11-14-8-9(16(17)18)10(15-11)19-6-7-20-12(2,3)4/h8H,5-7H2,1-4H3,(H,13,14,15). The summed E-state index contributed by atoms with van der Waals surface area (Å²) in [6, 6.07) is 0. The Bertz CT molecular complexity index is 459. The minimum Gasteiger partial charge on any atom is -0.470 e. The Kier molecular flexibility index (Phi) is 5.63. The summed E-state index contributed by atoms with van der Waals surface area (Å²) in [5.74, 6) is 0.239. The van der Waals surface area contributed by atoms with Gasteiger partial charge in [0.15, 0.2) is 0 Å².